The lowest BCUT2D eigenvalue weighted by atomic mass is 10.1. The van der Waals surface area contributed by atoms with E-state index in [1.165, 1.54) is 0 Å². The molecule has 1 atom stereocenters. The number of benzene rings is 2. The summed E-state index contributed by atoms with van der Waals surface area (Å²) in [6, 6.07) is 12.9. The van der Waals surface area contributed by atoms with Gasteiger partial charge in [-0.25, -0.2) is 0 Å². The zero-order valence-electron chi connectivity index (χ0n) is 11.1. The van der Waals surface area contributed by atoms with Gasteiger partial charge in [-0.05, 0) is 30.7 Å². The first-order chi connectivity index (χ1) is 9.56. The number of fused-ring (bicyclic) bond motifs is 1. The van der Waals surface area contributed by atoms with Crippen molar-refractivity contribution in [2.45, 2.75) is 19.5 Å². The Kier molecular flexibility index (Phi) is 3.24. The van der Waals surface area contributed by atoms with Crippen LogP contribution in [0.3, 0.4) is 0 Å². The number of carbonyl (C=O) groups is 1. The third kappa shape index (κ3) is 2.19. The van der Waals surface area contributed by atoms with Crippen molar-refractivity contribution in [2.24, 2.45) is 5.73 Å². The number of halogens is 1. The summed E-state index contributed by atoms with van der Waals surface area (Å²) < 4.78 is 0. The van der Waals surface area contributed by atoms with E-state index < -0.39 is 6.04 Å². The molecule has 1 aliphatic rings. The predicted molar refractivity (Wildman–Crippen MR) is 80.7 cm³/mol. The van der Waals surface area contributed by atoms with Crippen molar-refractivity contribution in [3.05, 3.63) is 64.2 Å². The van der Waals surface area contributed by atoms with Crippen LogP contribution < -0.4 is 10.6 Å². The average Bonchev–Trinajstić information content (AvgIpc) is 2.66. The molecule has 2 N–H and O–H groups in total. The van der Waals surface area contributed by atoms with Gasteiger partial charge in [0.15, 0.2) is 0 Å². The second-order valence-corrected chi connectivity index (χ2v) is 5.53. The lowest BCUT2D eigenvalue weighted by molar-refractivity contribution is -0.119. The molecule has 0 fully saturated rings. The Bertz CT molecular complexity index is 667. The molecule has 2 aromatic carbocycles. The van der Waals surface area contributed by atoms with Crippen molar-refractivity contribution >= 4 is 23.2 Å². The molecule has 0 aliphatic carbocycles. The number of nitrogens with two attached hydrogens (primary N) is 1. The Morgan fingerprint density at radius 3 is 2.60 bits per heavy atom. The molecule has 1 amide bonds. The van der Waals surface area contributed by atoms with E-state index >= 15 is 0 Å². The highest BCUT2D eigenvalue weighted by molar-refractivity contribution is 6.30. The monoisotopic (exact) mass is 286 g/mol. The van der Waals surface area contributed by atoms with Crippen molar-refractivity contribution in [1.82, 2.24) is 0 Å². The van der Waals surface area contributed by atoms with E-state index in [9.17, 15) is 4.79 Å². The minimum Gasteiger partial charge on any atom is -0.316 e. The van der Waals surface area contributed by atoms with Crippen LogP contribution in [0.4, 0.5) is 5.69 Å². The SMILES string of the molecule is Cc1ccc2c(c1)C(N)C(=O)N2Cc1ccc(Cl)cc1. The lowest BCUT2D eigenvalue weighted by Crippen LogP contribution is -2.31. The fourth-order valence-electron chi connectivity index (χ4n) is 2.52. The Morgan fingerprint density at radius 2 is 1.90 bits per heavy atom. The quantitative estimate of drug-likeness (QED) is 0.921. The van der Waals surface area contributed by atoms with Crippen molar-refractivity contribution in [3.63, 3.8) is 0 Å². The Morgan fingerprint density at radius 1 is 1.20 bits per heavy atom. The number of nitrogens with zero attached hydrogens (tertiary/aromatic N) is 1. The third-order valence-electron chi connectivity index (χ3n) is 3.59. The second-order valence-electron chi connectivity index (χ2n) is 5.09. The fraction of sp³-hybridized carbons (Fsp3) is 0.188. The molecule has 1 unspecified atom stereocenters. The summed E-state index contributed by atoms with van der Waals surface area (Å²) in [5.74, 6) is -0.0550. The van der Waals surface area contributed by atoms with E-state index in [0.29, 0.717) is 11.6 Å². The van der Waals surface area contributed by atoms with Gasteiger partial charge >= 0.3 is 0 Å². The molecule has 1 heterocycles. The van der Waals surface area contributed by atoms with Crippen molar-refractivity contribution in [2.75, 3.05) is 4.90 Å². The average molecular weight is 287 g/mol. The number of hydrogen-bond acceptors (Lipinski definition) is 2. The lowest BCUT2D eigenvalue weighted by Gasteiger charge is -2.17. The molecular formula is C16H15ClN2O. The van der Waals surface area contributed by atoms with E-state index in [2.05, 4.69) is 0 Å². The van der Waals surface area contributed by atoms with E-state index in [1.807, 2.05) is 49.4 Å². The van der Waals surface area contributed by atoms with Gasteiger partial charge in [-0.1, -0.05) is 41.4 Å². The van der Waals surface area contributed by atoms with Gasteiger partial charge in [-0.3, -0.25) is 4.79 Å². The van der Waals surface area contributed by atoms with Gasteiger partial charge in [0.2, 0.25) is 5.91 Å². The molecule has 3 rings (SSSR count). The number of hydrogen-bond donors (Lipinski definition) is 1. The summed E-state index contributed by atoms with van der Waals surface area (Å²) in [7, 11) is 0. The predicted octanol–water partition coefficient (Wildman–Crippen LogP) is 3.20. The highest BCUT2D eigenvalue weighted by atomic mass is 35.5. The Hall–Kier alpha value is -1.84. The van der Waals surface area contributed by atoms with Crippen LogP contribution in [0, 0.1) is 6.92 Å². The van der Waals surface area contributed by atoms with Gasteiger partial charge in [0, 0.05) is 16.3 Å². The van der Waals surface area contributed by atoms with E-state index in [0.717, 1.165) is 22.4 Å². The molecule has 102 valence electrons. The van der Waals surface area contributed by atoms with Crippen LogP contribution in [0.2, 0.25) is 5.02 Å². The third-order valence-corrected chi connectivity index (χ3v) is 3.85. The first-order valence-corrected chi connectivity index (χ1v) is 6.86. The van der Waals surface area contributed by atoms with Crippen molar-refractivity contribution < 1.29 is 4.79 Å². The second kappa shape index (κ2) is 4.93. The highest BCUT2D eigenvalue weighted by Crippen LogP contribution is 2.36. The maximum Gasteiger partial charge on any atom is 0.248 e. The zero-order chi connectivity index (χ0) is 14.3. The molecule has 4 heteroatoms. The minimum atomic E-state index is -0.558. The van der Waals surface area contributed by atoms with Crippen molar-refractivity contribution in [1.29, 1.82) is 0 Å². The first-order valence-electron chi connectivity index (χ1n) is 6.48. The van der Waals surface area contributed by atoms with Gasteiger partial charge in [0.05, 0.1) is 6.54 Å². The normalized spacial score (nSPS) is 17.4. The molecule has 20 heavy (non-hydrogen) atoms. The minimum absolute atomic E-state index is 0.0550. The van der Waals surface area contributed by atoms with Gasteiger partial charge in [0.1, 0.15) is 6.04 Å². The van der Waals surface area contributed by atoms with E-state index in [-0.39, 0.29) is 5.91 Å². The Labute approximate surface area is 123 Å². The summed E-state index contributed by atoms with van der Waals surface area (Å²) in [5, 5.41) is 0.689. The van der Waals surface area contributed by atoms with Gasteiger partial charge < -0.3 is 10.6 Å². The first kappa shape index (κ1) is 13.2. The molecule has 0 radical (unpaired) electrons. The van der Waals surface area contributed by atoms with Gasteiger partial charge in [-0.2, -0.15) is 0 Å². The standard InChI is InChI=1S/C16H15ClN2O/c1-10-2-7-14-13(8-10)15(18)16(20)19(14)9-11-3-5-12(17)6-4-11/h2-8,15H,9,18H2,1H3. The zero-order valence-corrected chi connectivity index (χ0v) is 11.9. The van der Waals surface area contributed by atoms with Crippen LogP contribution in [-0.4, -0.2) is 5.91 Å². The number of rotatable bonds is 2. The smallest absolute Gasteiger partial charge is 0.248 e. The van der Waals surface area contributed by atoms with Crippen LogP contribution in [0.15, 0.2) is 42.5 Å². The van der Waals surface area contributed by atoms with Crippen LogP contribution in [0.25, 0.3) is 0 Å². The van der Waals surface area contributed by atoms with E-state index in [4.69, 9.17) is 17.3 Å². The number of carbonyl (C=O) groups excluding carboxylic acids is 1. The summed E-state index contributed by atoms with van der Waals surface area (Å²) in [6.07, 6.45) is 0. The summed E-state index contributed by atoms with van der Waals surface area (Å²) in [4.78, 5) is 14.1. The molecule has 0 bridgehead atoms. The molecule has 3 nitrogen and oxygen atoms in total. The molecular weight excluding hydrogens is 272 g/mol. The summed E-state index contributed by atoms with van der Waals surface area (Å²) in [5.41, 5.74) is 9.97. The summed E-state index contributed by atoms with van der Waals surface area (Å²) in [6.45, 7) is 2.51. The molecule has 2 aromatic rings. The fourth-order valence-corrected chi connectivity index (χ4v) is 2.65. The number of aryl methyl sites for hydroxylation is 1. The van der Waals surface area contributed by atoms with E-state index in [1.54, 1.807) is 4.90 Å². The Balaban J connectivity index is 1.95. The van der Waals surface area contributed by atoms with Crippen LogP contribution in [-0.2, 0) is 11.3 Å². The molecule has 0 saturated heterocycles. The van der Waals surface area contributed by atoms with Crippen LogP contribution in [0.1, 0.15) is 22.7 Å². The van der Waals surface area contributed by atoms with Gasteiger partial charge in [0.25, 0.3) is 0 Å². The number of anilines is 1. The molecule has 0 saturated carbocycles. The van der Waals surface area contributed by atoms with Crippen LogP contribution in [0.5, 0.6) is 0 Å². The highest BCUT2D eigenvalue weighted by Gasteiger charge is 2.34. The summed E-state index contributed by atoms with van der Waals surface area (Å²) >= 11 is 5.88. The maximum absolute atomic E-state index is 12.3. The largest absolute Gasteiger partial charge is 0.316 e. The topological polar surface area (TPSA) is 46.3 Å². The molecule has 0 aromatic heterocycles. The van der Waals surface area contributed by atoms with Crippen LogP contribution >= 0.6 is 11.6 Å². The van der Waals surface area contributed by atoms with Crippen molar-refractivity contribution in [3.8, 4) is 0 Å². The maximum atomic E-state index is 12.3. The molecule has 1 aliphatic heterocycles. The number of amides is 1. The van der Waals surface area contributed by atoms with Gasteiger partial charge in [-0.15, -0.1) is 0 Å². The molecule has 0 spiro atoms.